The lowest BCUT2D eigenvalue weighted by atomic mass is 9.76. The van der Waals surface area contributed by atoms with Crippen molar-refractivity contribution in [3.05, 3.63) is 35.9 Å². The molecular formula is C17H25NO2. The molecule has 1 saturated carbocycles. The highest BCUT2D eigenvalue weighted by Crippen LogP contribution is 2.33. The first-order valence-corrected chi connectivity index (χ1v) is 7.56. The number of hydrogen-bond acceptors (Lipinski definition) is 2. The quantitative estimate of drug-likeness (QED) is 0.887. The van der Waals surface area contributed by atoms with Crippen molar-refractivity contribution in [2.24, 2.45) is 17.8 Å². The molecule has 110 valence electrons. The van der Waals surface area contributed by atoms with Gasteiger partial charge in [0.05, 0.1) is 12.6 Å². The second-order valence-corrected chi connectivity index (χ2v) is 6.27. The molecule has 0 saturated heterocycles. The summed E-state index contributed by atoms with van der Waals surface area (Å²) in [6, 6.07) is 9.37. The van der Waals surface area contributed by atoms with Crippen LogP contribution in [0.25, 0.3) is 0 Å². The van der Waals surface area contributed by atoms with Gasteiger partial charge in [0.15, 0.2) is 0 Å². The van der Waals surface area contributed by atoms with Gasteiger partial charge < -0.3 is 10.4 Å². The summed E-state index contributed by atoms with van der Waals surface area (Å²) in [5.74, 6) is 1.40. The van der Waals surface area contributed by atoms with Crippen LogP contribution in [0.15, 0.2) is 30.3 Å². The predicted octanol–water partition coefficient (Wildman–Crippen LogP) is 2.91. The van der Waals surface area contributed by atoms with E-state index in [1.54, 1.807) is 0 Å². The van der Waals surface area contributed by atoms with E-state index in [0.29, 0.717) is 11.8 Å². The summed E-state index contributed by atoms with van der Waals surface area (Å²) in [7, 11) is 0. The largest absolute Gasteiger partial charge is 0.394 e. The first-order valence-electron chi connectivity index (χ1n) is 7.56. The van der Waals surface area contributed by atoms with Crippen molar-refractivity contribution in [2.45, 2.75) is 39.2 Å². The van der Waals surface area contributed by atoms with Gasteiger partial charge in [0.1, 0.15) is 0 Å². The summed E-state index contributed by atoms with van der Waals surface area (Å²) < 4.78 is 0. The number of benzene rings is 1. The third kappa shape index (κ3) is 3.83. The number of aliphatic hydroxyl groups excluding tert-OH is 1. The molecule has 0 bridgehead atoms. The van der Waals surface area contributed by atoms with Crippen molar-refractivity contribution in [3.63, 3.8) is 0 Å². The minimum Gasteiger partial charge on any atom is -0.394 e. The second kappa shape index (κ2) is 6.89. The summed E-state index contributed by atoms with van der Waals surface area (Å²) in [6.07, 6.45) is 3.14. The van der Waals surface area contributed by atoms with Gasteiger partial charge in [-0.3, -0.25) is 4.79 Å². The minimum absolute atomic E-state index is 0.0619. The molecule has 1 fully saturated rings. The number of hydrogen-bond donors (Lipinski definition) is 2. The number of aliphatic hydroxyl groups is 1. The summed E-state index contributed by atoms with van der Waals surface area (Å²) in [5.41, 5.74) is 0.959. The molecule has 1 aromatic rings. The van der Waals surface area contributed by atoms with Crippen molar-refractivity contribution >= 4 is 5.91 Å². The summed E-state index contributed by atoms with van der Waals surface area (Å²) >= 11 is 0. The third-order valence-corrected chi connectivity index (χ3v) is 4.25. The van der Waals surface area contributed by atoms with Gasteiger partial charge in [-0.2, -0.15) is 0 Å². The Morgan fingerprint density at radius 2 is 1.80 bits per heavy atom. The van der Waals surface area contributed by atoms with Crippen molar-refractivity contribution in [3.8, 4) is 0 Å². The normalized spacial score (nSPS) is 27.9. The van der Waals surface area contributed by atoms with E-state index in [0.717, 1.165) is 18.4 Å². The molecule has 1 aromatic carbocycles. The van der Waals surface area contributed by atoms with Gasteiger partial charge in [0, 0.05) is 5.92 Å². The van der Waals surface area contributed by atoms with Crippen molar-refractivity contribution < 1.29 is 9.90 Å². The molecule has 0 heterocycles. The molecule has 1 amide bonds. The zero-order valence-corrected chi connectivity index (χ0v) is 12.4. The lowest BCUT2D eigenvalue weighted by molar-refractivity contribution is -0.128. The zero-order valence-electron chi connectivity index (χ0n) is 12.4. The molecule has 2 N–H and O–H groups in total. The van der Waals surface area contributed by atoms with Crippen LogP contribution in [0.2, 0.25) is 0 Å². The topological polar surface area (TPSA) is 49.3 Å². The Morgan fingerprint density at radius 1 is 1.20 bits per heavy atom. The monoisotopic (exact) mass is 275 g/mol. The zero-order chi connectivity index (χ0) is 14.5. The number of carbonyl (C=O) groups is 1. The molecule has 2 rings (SSSR count). The van der Waals surface area contributed by atoms with Crippen LogP contribution < -0.4 is 5.32 Å². The highest BCUT2D eigenvalue weighted by molar-refractivity contribution is 5.79. The van der Waals surface area contributed by atoms with Crippen molar-refractivity contribution in [2.75, 3.05) is 6.61 Å². The first kappa shape index (κ1) is 15.0. The molecule has 3 heteroatoms. The Kier molecular flexibility index (Phi) is 5.18. The standard InChI is InChI=1S/C17H25NO2/c1-12-8-13(2)10-15(9-12)17(20)18-16(11-19)14-6-4-3-5-7-14/h3-7,12-13,15-16,19H,8-11H2,1-2H3,(H,18,20)/t12?,13?,15?,16-/m1/s1. The lowest BCUT2D eigenvalue weighted by Gasteiger charge is -2.31. The van der Waals surface area contributed by atoms with Gasteiger partial charge >= 0.3 is 0 Å². The highest BCUT2D eigenvalue weighted by atomic mass is 16.3. The van der Waals surface area contributed by atoms with E-state index in [4.69, 9.17) is 0 Å². The molecule has 0 spiro atoms. The Labute approximate surface area is 121 Å². The number of rotatable bonds is 4. The van der Waals surface area contributed by atoms with Crippen LogP contribution in [0.1, 0.15) is 44.7 Å². The van der Waals surface area contributed by atoms with Crippen molar-refractivity contribution in [1.29, 1.82) is 0 Å². The molecule has 0 aliphatic heterocycles. The van der Waals surface area contributed by atoms with Crippen LogP contribution in [0, 0.1) is 17.8 Å². The fourth-order valence-corrected chi connectivity index (χ4v) is 3.37. The molecule has 3 nitrogen and oxygen atoms in total. The van der Waals surface area contributed by atoms with Gasteiger partial charge in [-0.1, -0.05) is 44.2 Å². The maximum atomic E-state index is 12.4. The van der Waals surface area contributed by atoms with Gasteiger partial charge in [-0.05, 0) is 36.7 Å². The fraction of sp³-hybridized carbons (Fsp3) is 0.588. The van der Waals surface area contributed by atoms with Crippen molar-refractivity contribution in [1.82, 2.24) is 5.32 Å². The minimum atomic E-state index is -0.295. The Balaban J connectivity index is 1.99. The van der Waals surface area contributed by atoms with Crippen LogP contribution in [-0.2, 0) is 4.79 Å². The average Bonchev–Trinajstić information content (AvgIpc) is 2.44. The Bertz CT molecular complexity index is 422. The number of nitrogens with one attached hydrogen (secondary N) is 1. The summed E-state index contributed by atoms with van der Waals surface area (Å²) in [5, 5.41) is 12.5. The first-order chi connectivity index (χ1) is 9.60. The van der Waals surface area contributed by atoms with E-state index in [1.165, 1.54) is 6.42 Å². The van der Waals surface area contributed by atoms with Gasteiger partial charge in [0.2, 0.25) is 5.91 Å². The smallest absolute Gasteiger partial charge is 0.223 e. The second-order valence-electron chi connectivity index (χ2n) is 6.27. The maximum Gasteiger partial charge on any atom is 0.223 e. The molecule has 1 aliphatic carbocycles. The SMILES string of the molecule is CC1CC(C)CC(C(=O)N[C@H](CO)c2ccccc2)C1. The molecule has 20 heavy (non-hydrogen) atoms. The molecule has 0 radical (unpaired) electrons. The maximum absolute atomic E-state index is 12.4. The van der Waals surface area contributed by atoms with Crippen LogP contribution >= 0.6 is 0 Å². The molecule has 1 aliphatic rings. The number of carbonyl (C=O) groups excluding carboxylic acids is 1. The van der Waals surface area contributed by atoms with Gasteiger partial charge in [-0.25, -0.2) is 0 Å². The molecular weight excluding hydrogens is 250 g/mol. The number of amides is 1. The van der Waals surface area contributed by atoms with Gasteiger partial charge in [-0.15, -0.1) is 0 Å². The van der Waals surface area contributed by atoms with Gasteiger partial charge in [0.25, 0.3) is 0 Å². The average molecular weight is 275 g/mol. The van der Waals surface area contributed by atoms with Crippen LogP contribution in [0.4, 0.5) is 0 Å². The fourth-order valence-electron chi connectivity index (χ4n) is 3.37. The molecule has 0 aromatic heterocycles. The Hall–Kier alpha value is -1.35. The van der Waals surface area contributed by atoms with Crippen LogP contribution in [0.5, 0.6) is 0 Å². The van der Waals surface area contributed by atoms with E-state index in [2.05, 4.69) is 19.2 Å². The molecule has 3 atom stereocenters. The predicted molar refractivity (Wildman–Crippen MR) is 80.1 cm³/mol. The molecule has 2 unspecified atom stereocenters. The van der Waals surface area contributed by atoms with E-state index in [1.807, 2.05) is 30.3 Å². The third-order valence-electron chi connectivity index (χ3n) is 4.25. The summed E-state index contributed by atoms with van der Waals surface area (Å²) in [6.45, 7) is 4.38. The highest BCUT2D eigenvalue weighted by Gasteiger charge is 2.30. The van der Waals surface area contributed by atoms with E-state index >= 15 is 0 Å². The van der Waals surface area contributed by atoms with Crippen LogP contribution in [-0.4, -0.2) is 17.6 Å². The van der Waals surface area contributed by atoms with E-state index in [-0.39, 0.29) is 24.5 Å². The van der Waals surface area contributed by atoms with E-state index < -0.39 is 0 Å². The Morgan fingerprint density at radius 3 is 2.35 bits per heavy atom. The summed E-state index contributed by atoms with van der Waals surface area (Å²) in [4.78, 5) is 12.4. The lowest BCUT2D eigenvalue weighted by Crippen LogP contribution is -2.38. The van der Waals surface area contributed by atoms with E-state index in [9.17, 15) is 9.90 Å². The van der Waals surface area contributed by atoms with Crippen LogP contribution in [0.3, 0.4) is 0 Å².